The van der Waals surface area contributed by atoms with Crippen LogP contribution in [0, 0.1) is 12.7 Å². The van der Waals surface area contributed by atoms with Crippen molar-refractivity contribution in [3.05, 3.63) is 63.9 Å². The predicted molar refractivity (Wildman–Crippen MR) is 82.5 cm³/mol. The van der Waals surface area contributed by atoms with Crippen molar-refractivity contribution in [2.24, 2.45) is 0 Å². The zero-order valence-electron chi connectivity index (χ0n) is 11.1. The molecule has 20 heavy (non-hydrogen) atoms. The smallest absolute Gasteiger partial charge is 0.156 e. The van der Waals surface area contributed by atoms with E-state index in [-0.39, 0.29) is 18.1 Å². The second kappa shape index (κ2) is 6.66. The van der Waals surface area contributed by atoms with Gasteiger partial charge in [0.05, 0.1) is 6.54 Å². The molecule has 2 aromatic rings. The summed E-state index contributed by atoms with van der Waals surface area (Å²) in [5, 5.41) is 3.05. The van der Waals surface area contributed by atoms with Crippen molar-refractivity contribution in [2.75, 3.05) is 11.9 Å². The Kier molecular flexibility index (Phi) is 4.90. The zero-order valence-corrected chi connectivity index (χ0v) is 12.7. The van der Waals surface area contributed by atoms with Crippen molar-refractivity contribution in [3.8, 4) is 0 Å². The average molecular weight is 336 g/mol. The summed E-state index contributed by atoms with van der Waals surface area (Å²) < 4.78 is 13.9. The van der Waals surface area contributed by atoms with E-state index >= 15 is 0 Å². The highest BCUT2D eigenvalue weighted by Gasteiger charge is 2.07. The van der Waals surface area contributed by atoms with Crippen LogP contribution in [-0.2, 0) is 11.2 Å². The molecule has 0 aliphatic heterocycles. The van der Waals surface area contributed by atoms with Crippen LogP contribution < -0.4 is 5.32 Å². The molecule has 0 heterocycles. The number of hydrogen-bond acceptors (Lipinski definition) is 2. The van der Waals surface area contributed by atoms with Gasteiger partial charge in [-0.3, -0.25) is 4.79 Å². The molecule has 4 heteroatoms. The topological polar surface area (TPSA) is 29.1 Å². The monoisotopic (exact) mass is 335 g/mol. The fraction of sp³-hybridized carbons (Fsp3) is 0.188. The molecular formula is C16H15BrFNO. The van der Waals surface area contributed by atoms with Crippen LogP contribution in [0.2, 0.25) is 0 Å². The molecule has 2 rings (SSSR count). The predicted octanol–water partition coefficient (Wildman–Crippen LogP) is 4.12. The lowest BCUT2D eigenvalue weighted by Crippen LogP contribution is -2.16. The molecule has 0 bridgehead atoms. The van der Waals surface area contributed by atoms with Gasteiger partial charge in [0.1, 0.15) is 5.82 Å². The summed E-state index contributed by atoms with van der Waals surface area (Å²) in [5.41, 5.74) is 2.54. The van der Waals surface area contributed by atoms with Gasteiger partial charge in [-0.15, -0.1) is 0 Å². The fourth-order valence-corrected chi connectivity index (χ4v) is 2.36. The maximum absolute atomic E-state index is 13.0. The molecule has 2 aromatic carbocycles. The molecule has 0 saturated heterocycles. The summed E-state index contributed by atoms with van der Waals surface area (Å²) >= 11 is 3.43. The summed E-state index contributed by atoms with van der Waals surface area (Å²) in [6.45, 7) is 2.04. The van der Waals surface area contributed by atoms with Crippen molar-refractivity contribution in [2.45, 2.75) is 13.3 Å². The third-order valence-corrected chi connectivity index (χ3v) is 3.78. The van der Waals surface area contributed by atoms with Gasteiger partial charge in [0.15, 0.2) is 5.78 Å². The van der Waals surface area contributed by atoms with E-state index in [2.05, 4.69) is 21.2 Å². The first-order valence-electron chi connectivity index (χ1n) is 6.31. The number of hydrogen-bond donors (Lipinski definition) is 1. The summed E-state index contributed by atoms with van der Waals surface area (Å²) in [6.07, 6.45) is 0.370. The van der Waals surface area contributed by atoms with E-state index in [4.69, 9.17) is 0 Å². The van der Waals surface area contributed by atoms with Crippen LogP contribution in [0.4, 0.5) is 10.1 Å². The Bertz CT molecular complexity index is 628. The molecule has 0 unspecified atom stereocenters. The molecule has 0 aliphatic carbocycles. The van der Waals surface area contributed by atoms with E-state index < -0.39 is 0 Å². The summed E-state index contributed by atoms with van der Waals surface area (Å²) in [6, 6.07) is 12.1. The highest BCUT2D eigenvalue weighted by molar-refractivity contribution is 9.10. The first kappa shape index (κ1) is 14.7. The van der Waals surface area contributed by atoms with Crippen molar-refractivity contribution in [3.63, 3.8) is 0 Å². The number of ketones is 1. The largest absolute Gasteiger partial charge is 0.378 e. The van der Waals surface area contributed by atoms with E-state index in [0.29, 0.717) is 6.42 Å². The Hall–Kier alpha value is -1.68. The van der Waals surface area contributed by atoms with Gasteiger partial charge in [-0.05, 0) is 42.3 Å². The number of rotatable bonds is 5. The first-order valence-corrected chi connectivity index (χ1v) is 7.10. The maximum Gasteiger partial charge on any atom is 0.156 e. The van der Waals surface area contributed by atoms with Crippen LogP contribution in [0.5, 0.6) is 0 Å². The van der Waals surface area contributed by atoms with E-state index in [1.807, 2.05) is 31.2 Å². The van der Waals surface area contributed by atoms with Crippen molar-refractivity contribution in [1.29, 1.82) is 0 Å². The second-order valence-corrected chi connectivity index (χ2v) is 5.47. The number of halogens is 2. The van der Waals surface area contributed by atoms with Crippen LogP contribution in [0.15, 0.2) is 46.9 Å². The van der Waals surface area contributed by atoms with Crippen molar-refractivity contribution < 1.29 is 9.18 Å². The van der Waals surface area contributed by atoms with Gasteiger partial charge in [0, 0.05) is 16.6 Å². The normalized spacial score (nSPS) is 10.3. The minimum atomic E-state index is -0.271. The SMILES string of the molecule is Cc1cc(F)ccc1NCC(=O)Cc1ccccc1Br. The number of benzene rings is 2. The lowest BCUT2D eigenvalue weighted by atomic mass is 10.1. The van der Waals surface area contributed by atoms with Crippen LogP contribution in [-0.4, -0.2) is 12.3 Å². The standard InChI is InChI=1S/C16H15BrFNO/c1-11-8-13(18)6-7-16(11)19-10-14(20)9-12-4-2-3-5-15(12)17/h2-8,19H,9-10H2,1H3. The Morgan fingerprint density at radius 3 is 2.70 bits per heavy atom. The Morgan fingerprint density at radius 2 is 2.00 bits per heavy atom. The Labute approximate surface area is 126 Å². The Morgan fingerprint density at radius 1 is 1.25 bits per heavy atom. The van der Waals surface area contributed by atoms with Gasteiger partial charge >= 0.3 is 0 Å². The number of carbonyl (C=O) groups is 1. The van der Waals surface area contributed by atoms with E-state index in [1.54, 1.807) is 6.07 Å². The minimum absolute atomic E-state index is 0.0839. The number of Topliss-reactive ketones (excluding diaryl/α,β-unsaturated/α-hetero) is 1. The van der Waals surface area contributed by atoms with Gasteiger partial charge in [-0.25, -0.2) is 4.39 Å². The number of anilines is 1. The highest BCUT2D eigenvalue weighted by Crippen LogP contribution is 2.18. The van der Waals surface area contributed by atoms with E-state index in [0.717, 1.165) is 21.3 Å². The minimum Gasteiger partial charge on any atom is -0.378 e. The first-order chi connectivity index (χ1) is 9.56. The molecule has 0 aromatic heterocycles. The van der Waals surface area contributed by atoms with E-state index in [9.17, 15) is 9.18 Å². The Balaban J connectivity index is 1.94. The van der Waals surface area contributed by atoms with Crippen LogP contribution >= 0.6 is 15.9 Å². The maximum atomic E-state index is 13.0. The van der Waals surface area contributed by atoms with Crippen LogP contribution in [0.3, 0.4) is 0 Å². The second-order valence-electron chi connectivity index (χ2n) is 4.62. The van der Waals surface area contributed by atoms with Crippen molar-refractivity contribution in [1.82, 2.24) is 0 Å². The molecule has 1 N–H and O–H groups in total. The van der Waals surface area contributed by atoms with Crippen LogP contribution in [0.1, 0.15) is 11.1 Å². The van der Waals surface area contributed by atoms with Crippen LogP contribution in [0.25, 0.3) is 0 Å². The summed E-state index contributed by atoms with van der Waals surface area (Å²) in [4.78, 5) is 12.0. The fourth-order valence-electron chi connectivity index (χ4n) is 1.94. The number of carbonyl (C=O) groups excluding carboxylic acids is 1. The molecule has 2 nitrogen and oxygen atoms in total. The van der Waals surface area contributed by atoms with Gasteiger partial charge < -0.3 is 5.32 Å². The van der Waals surface area contributed by atoms with Gasteiger partial charge in [0.2, 0.25) is 0 Å². The molecule has 0 atom stereocenters. The quantitative estimate of drug-likeness (QED) is 0.890. The lowest BCUT2D eigenvalue weighted by molar-refractivity contribution is -0.116. The summed E-state index contributed by atoms with van der Waals surface area (Å²) in [5.74, 6) is -0.187. The van der Waals surface area contributed by atoms with Gasteiger partial charge in [0.25, 0.3) is 0 Å². The molecule has 104 valence electrons. The molecule has 0 amide bonds. The highest BCUT2D eigenvalue weighted by atomic mass is 79.9. The summed E-state index contributed by atoms with van der Waals surface area (Å²) in [7, 11) is 0. The third-order valence-electron chi connectivity index (χ3n) is 3.01. The molecule has 0 spiro atoms. The van der Waals surface area contributed by atoms with E-state index in [1.165, 1.54) is 12.1 Å². The molecular weight excluding hydrogens is 321 g/mol. The van der Waals surface area contributed by atoms with Gasteiger partial charge in [-0.2, -0.15) is 0 Å². The molecule has 0 radical (unpaired) electrons. The number of aryl methyl sites for hydroxylation is 1. The van der Waals surface area contributed by atoms with Crippen molar-refractivity contribution >= 4 is 27.4 Å². The lowest BCUT2D eigenvalue weighted by Gasteiger charge is -2.09. The molecule has 0 saturated carbocycles. The average Bonchev–Trinajstić information content (AvgIpc) is 2.40. The number of nitrogens with one attached hydrogen (secondary N) is 1. The molecule has 0 aliphatic rings. The third kappa shape index (κ3) is 3.90. The van der Waals surface area contributed by atoms with Gasteiger partial charge in [-0.1, -0.05) is 34.1 Å². The zero-order chi connectivity index (χ0) is 14.5. The molecule has 0 fully saturated rings.